The Morgan fingerprint density at radius 3 is 2.56 bits per heavy atom. The number of fused-ring (bicyclic) bond motifs is 2. The Balaban J connectivity index is 1.88. The molecule has 0 spiro atoms. The van der Waals surface area contributed by atoms with Crippen LogP contribution in [-0.4, -0.2) is 0 Å². The Hall–Kier alpha value is 0.470. The molecule has 2 aliphatic carbocycles. The van der Waals surface area contributed by atoms with Gasteiger partial charge in [-0.05, 0) is 67.2 Å². The summed E-state index contributed by atoms with van der Waals surface area (Å²) in [5.74, 6) is 2.50. The maximum atomic E-state index is 6.79. The van der Waals surface area contributed by atoms with E-state index < -0.39 is 0 Å². The second-order valence-corrected chi connectivity index (χ2v) is 8.04. The molecule has 98 valence electrons. The minimum Gasteiger partial charge on any atom is -0.117 e. The first-order valence-corrected chi connectivity index (χ1v) is 8.68. The van der Waals surface area contributed by atoms with E-state index in [1.807, 2.05) is 0 Å². The summed E-state index contributed by atoms with van der Waals surface area (Å²) in [5, 5.41) is 0.159. The van der Waals surface area contributed by atoms with Crippen LogP contribution in [0.4, 0.5) is 0 Å². The zero-order chi connectivity index (χ0) is 12.9. The minimum absolute atomic E-state index is 0.159. The Morgan fingerprint density at radius 2 is 1.94 bits per heavy atom. The second-order valence-electron chi connectivity index (χ2n) is 5.86. The van der Waals surface area contributed by atoms with Crippen molar-refractivity contribution in [2.45, 2.75) is 38.0 Å². The number of benzene rings is 1. The van der Waals surface area contributed by atoms with Crippen LogP contribution in [-0.2, 0) is 0 Å². The molecule has 2 bridgehead atoms. The average molecular weight is 393 g/mol. The molecule has 1 aromatic rings. The predicted octanol–water partition coefficient (Wildman–Crippen LogP) is 6.24. The summed E-state index contributed by atoms with van der Waals surface area (Å²) in [6, 6.07) is 4.37. The first-order valence-electron chi connectivity index (χ1n) is 6.66. The van der Waals surface area contributed by atoms with Crippen molar-refractivity contribution in [3.05, 3.63) is 32.2 Å². The van der Waals surface area contributed by atoms with Crippen LogP contribution in [0.15, 0.2) is 21.1 Å². The quantitative estimate of drug-likeness (QED) is 0.523. The molecule has 0 heterocycles. The third-order valence-electron chi connectivity index (χ3n) is 4.74. The fourth-order valence-corrected chi connectivity index (χ4v) is 5.44. The van der Waals surface area contributed by atoms with Crippen LogP contribution >= 0.6 is 43.5 Å². The van der Waals surface area contributed by atoms with E-state index in [2.05, 4.69) is 50.9 Å². The van der Waals surface area contributed by atoms with Crippen LogP contribution in [0.25, 0.3) is 0 Å². The fourth-order valence-electron chi connectivity index (χ4n) is 3.76. The molecule has 0 saturated heterocycles. The van der Waals surface area contributed by atoms with Gasteiger partial charge in [0.25, 0.3) is 0 Å². The monoisotopic (exact) mass is 390 g/mol. The molecule has 2 saturated carbocycles. The van der Waals surface area contributed by atoms with Crippen molar-refractivity contribution in [1.29, 1.82) is 0 Å². The summed E-state index contributed by atoms with van der Waals surface area (Å²) in [6.45, 7) is 2.11. The number of hydrogen-bond donors (Lipinski definition) is 0. The van der Waals surface area contributed by atoms with Gasteiger partial charge in [0.05, 0.1) is 5.38 Å². The van der Waals surface area contributed by atoms with Gasteiger partial charge in [-0.1, -0.05) is 38.3 Å². The molecule has 0 aromatic heterocycles. The topological polar surface area (TPSA) is 0 Å². The molecule has 0 nitrogen and oxygen atoms in total. The molecule has 0 amide bonds. The van der Waals surface area contributed by atoms with Crippen molar-refractivity contribution in [3.8, 4) is 0 Å². The fraction of sp³-hybridized carbons (Fsp3) is 0.600. The van der Waals surface area contributed by atoms with Gasteiger partial charge in [-0.3, -0.25) is 0 Å². The molecule has 0 aliphatic heterocycles. The van der Waals surface area contributed by atoms with E-state index >= 15 is 0 Å². The van der Waals surface area contributed by atoms with Gasteiger partial charge in [0.2, 0.25) is 0 Å². The van der Waals surface area contributed by atoms with Crippen LogP contribution in [0.3, 0.4) is 0 Å². The maximum absolute atomic E-state index is 6.79. The highest BCUT2D eigenvalue weighted by Gasteiger charge is 2.43. The van der Waals surface area contributed by atoms with Gasteiger partial charge >= 0.3 is 0 Å². The predicted molar refractivity (Wildman–Crippen MR) is 84.1 cm³/mol. The van der Waals surface area contributed by atoms with Crippen molar-refractivity contribution >= 4 is 43.5 Å². The molecule has 4 unspecified atom stereocenters. The molecular formula is C15H17Br2Cl. The van der Waals surface area contributed by atoms with Crippen molar-refractivity contribution in [2.24, 2.45) is 17.8 Å². The molecular weight excluding hydrogens is 375 g/mol. The van der Waals surface area contributed by atoms with Gasteiger partial charge in [0, 0.05) is 8.95 Å². The lowest BCUT2D eigenvalue weighted by Crippen LogP contribution is -2.16. The van der Waals surface area contributed by atoms with Crippen LogP contribution in [0.5, 0.6) is 0 Å². The first kappa shape index (κ1) is 13.5. The SMILES string of the molecule is Cc1cc(Br)c(C(Cl)C2CC3CCC2C3)cc1Br. The standard InChI is InChI=1S/C15H17Br2Cl/c1-8-4-14(17)12(7-13(8)16)15(18)11-6-9-2-3-10(11)5-9/h4,7,9-11,15H,2-3,5-6H2,1H3. The summed E-state index contributed by atoms with van der Waals surface area (Å²) < 4.78 is 2.32. The highest BCUT2D eigenvalue weighted by molar-refractivity contribution is 9.11. The minimum atomic E-state index is 0.159. The summed E-state index contributed by atoms with van der Waals surface area (Å²) in [4.78, 5) is 0. The van der Waals surface area contributed by atoms with Crippen molar-refractivity contribution < 1.29 is 0 Å². The molecule has 3 rings (SSSR count). The Morgan fingerprint density at radius 1 is 1.17 bits per heavy atom. The molecule has 2 aliphatic rings. The summed E-state index contributed by atoms with van der Waals surface area (Å²) >= 11 is 14.1. The van der Waals surface area contributed by atoms with Gasteiger partial charge in [-0.15, -0.1) is 11.6 Å². The number of alkyl halides is 1. The van der Waals surface area contributed by atoms with Gasteiger partial charge in [-0.2, -0.15) is 0 Å². The average Bonchev–Trinajstić information content (AvgIpc) is 2.95. The number of aryl methyl sites for hydroxylation is 1. The van der Waals surface area contributed by atoms with E-state index in [0.29, 0.717) is 5.92 Å². The van der Waals surface area contributed by atoms with Gasteiger partial charge in [0.1, 0.15) is 0 Å². The third kappa shape index (κ3) is 2.29. The van der Waals surface area contributed by atoms with Gasteiger partial charge in [-0.25, -0.2) is 0 Å². The largest absolute Gasteiger partial charge is 0.117 e. The molecule has 3 heteroatoms. The first-order chi connectivity index (χ1) is 8.56. The molecule has 18 heavy (non-hydrogen) atoms. The highest BCUT2D eigenvalue weighted by atomic mass is 79.9. The third-order valence-corrected chi connectivity index (χ3v) is 6.84. The number of hydrogen-bond acceptors (Lipinski definition) is 0. The summed E-state index contributed by atoms with van der Waals surface area (Å²) in [6.07, 6.45) is 5.57. The lowest BCUT2D eigenvalue weighted by Gasteiger charge is -2.27. The van der Waals surface area contributed by atoms with Crippen LogP contribution < -0.4 is 0 Å². The summed E-state index contributed by atoms with van der Waals surface area (Å²) in [5.41, 5.74) is 2.51. The molecule has 0 radical (unpaired) electrons. The highest BCUT2D eigenvalue weighted by Crippen LogP contribution is 2.55. The second kappa shape index (κ2) is 5.10. The van der Waals surface area contributed by atoms with Crippen LogP contribution in [0.2, 0.25) is 0 Å². The maximum Gasteiger partial charge on any atom is 0.0627 e. The van der Waals surface area contributed by atoms with E-state index in [9.17, 15) is 0 Å². The van der Waals surface area contributed by atoms with Crippen LogP contribution in [0, 0.1) is 24.7 Å². The van der Waals surface area contributed by atoms with E-state index in [0.717, 1.165) is 20.8 Å². The normalized spacial score (nSPS) is 31.9. The van der Waals surface area contributed by atoms with E-state index in [-0.39, 0.29) is 5.38 Å². The smallest absolute Gasteiger partial charge is 0.0627 e. The van der Waals surface area contributed by atoms with Crippen LogP contribution in [0.1, 0.15) is 42.2 Å². The number of halogens is 3. The number of rotatable bonds is 2. The van der Waals surface area contributed by atoms with Crippen molar-refractivity contribution in [3.63, 3.8) is 0 Å². The summed E-state index contributed by atoms with van der Waals surface area (Å²) in [7, 11) is 0. The van der Waals surface area contributed by atoms with E-state index in [1.165, 1.54) is 36.8 Å². The van der Waals surface area contributed by atoms with Gasteiger partial charge in [0.15, 0.2) is 0 Å². The lowest BCUT2D eigenvalue weighted by atomic mass is 9.84. The van der Waals surface area contributed by atoms with Gasteiger partial charge < -0.3 is 0 Å². The molecule has 2 fully saturated rings. The molecule has 1 aromatic carbocycles. The molecule has 4 atom stereocenters. The zero-order valence-corrected chi connectivity index (χ0v) is 14.4. The van der Waals surface area contributed by atoms with E-state index in [1.54, 1.807) is 0 Å². The lowest BCUT2D eigenvalue weighted by molar-refractivity contribution is 0.323. The van der Waals surface area contributed by atoms with Crippen molar-refractivity contribution in [1.82, 2.24) is 0 Å². The Kier molecular flexibility index (Phi) is 3.81. The molecule has 0 N–H and O–H groups in total. The Bertz CT molecular complexity index is 472. The van der Waals surface area contributed by atoms with Crippen molar-refractivity contribution in [2.75, 3.05) is 0 Å². The Labute approximate surface area is 131 Å². The zero-order valence-electron chi connectivity index (χ0n) is 10.4. The van der Waals surface area contributed by atoms with E-state index in [4.69, 9.17) is 11.6 Å².